The van der Waals surface area contributed by atoms with Gasteiger partial charge in [0.15, 0.2) is 0 Å². The molecule has 0 atom stereocenters. The van der Waals surface area contributed by atoms with Crippen molar-refractivity contribution in [3.8, 4) is 0 Å². The molecule has 2 N–H and O–H groups in total. The average molecular weight is 1040 g/mol. The second-order valence-corrected chi connectivity index (χ2v) is 20.1. The van der Waals surface area contributed by atoms with E-state index in [1.54, 1.807) is 0 Å². The lowest BCUT2D eigenvalue weighted by atomic mass is 10.0. The van der Waals surface area contributed by atoms with Crippen LogP contribution in [0.5, 0.6) is 0 Å². The minimum Gasteiger partial charge on any atom is -1.00 e. The number of rotatable bonds is 40. The van der Waals surface area contributed by atoms with Gasteiger partial charge < -0.3 is 52.4 Å². The van der Waals surface area contributed by atoms with E-state index >= 15 is 0 Å². The number of nitrogens with zero attached hydrogens (tertiary/aromatic N) is 2. The van der Waals surface area contributed by atoms with Crippen LogP contribution >= 0.6 is 0 Å². The lowest BCUT2D eigenvalue weighted by Gasteiger charge is -2.29. The van der Waals surface area contributed by atoms with Gasteiger partial charge in [0, 0.05) is 11.4 Å². The molecule has 0 aliphatic heterocycles. The molecular weight excluding hydrogens is 940 g/mol. The maximum Gasteiger partial charge on any atom is 0.411 e. The maximum absolute atomic E-state index is 12.5. The van der Waals surface area contributed by atoms with E-state index < -0.39 is 12.2 Å². The Morgan fingerprint density at radius 2 is 0.631 bits per heavy atom. The summed E-state index contributed by atoms with van der Waals surface area (Å²) in [4.78, 5) is 25.1. The van der Waals surface area contributed by atoms with Gasteiger partial charge in [-0.05, 0) is 67.5 Å². The fourth-order valence-corrected chi connectivity index (χ4v) is 8.42. The molecule has 2 rings (SSSR count). The summed E-state index contributed by atoms with van der Waals surface area (Å²) in [5, 5.41) is 5.74. The van der Waals surface area contributed by atoms with Crippen molar-refractivity contribution in [3.05, 3.63) is 59.7 Å². The highest BCUT2D eigenvalue weighted by Gasteiger charge is 2.17. The first-order valence-electron chi connectivity index (χ1n) is 26.2. The van der Waals surface area contributed by atoms with E-state index in [1.165, 1.54) is 180 Å². The first-order valence-corrected chi connectivity index (χ1v) is 26.2. The number of amides is 2. The number of carbonyl (C=O) groups is 2. The van der Waals surface area contributed by atoms with Crippen LogP contribution in [0.4, 0.5) is 21.0 Å². The van der Waals surface area contributed by atoms with Gasteiger partial charge in [-0.15, -0.1) is 0 Å². The van der Waals surface area contributed by atoms with E-state index in [-0.39, 0.29) is 34.0 Å². The van der Waals surface area contributed by atoms with E-state index in [4.69, 9.17) is 9.47 Å². The molecule has 2 aromatic carbocycles. The number of ether oxygens (including phenoxy) is 2. The molecule has 10 heteroatoms. The number of nitrogens with one attached hydrogen (secondary N) is 2. The molecule has 0 heterocycles. The summed E-state index contributed by atoms with van der Waals surface area (Å²) in [6.45, 7) is 9.18. The van der Waals surface area contributed by atoms with E-state index in [1.807, 2.05) is 48.5 Å². The Labute approximate surface area is 421 Å². The molecule has 0 aliphatic carbocycles. The number of quaternary nitrogens is 2. The van der Waals surface area contributed by atoms with Crippen LogP contribution in [0.3, 0.4) is 0 Å². The van der Waals surface area contributed by atoms with Gasteiger partial charge in [0.25, 0.3) is 0 Å². The van der Waals surface area contributed by atoms with E-state index in [0.717, 1.165) is 64.1 Å². The zero-order chi connectivity index (χ0) is 45.7. The van der Waals surface area contributed by atoms with Crippen LogP contribution in [0.15, 0.2) is 48.5 Å². The summed E-state index contributed by atoms with van der Waals surface area (Å²) in [5.74, 6) is 0. The summed E-state index contributed by atoms with van der Waals surface area (Å²) in [6.07, 6.45) is 38.4. The normalized spacial score (nSPS) is 11.4. The number of halogens is 2. The van der Waals surface area contributed by atoms with Crippen molar-refractivity contribution in [1.29, 1.82) is 0 Å². The fourth-order valence-electron chi connectivity index (χ4n) is 8.42. The van der Waals surface area contributed by atoms with Gasteiger partial charge in [-0.25, -0.2) is 9.59 Å². The summed E-state index contributed by atoms with van der Waals surface area (Å²) >= 11 is 0. The Hall–Kier alpha value is -2.14. The summed E-state index contributed by atoms with van der Waals surface area (Å²) in [5.41, 5.74) is 3.70. The predicted molar refractivity (Wildman–Crippen MR) is 270 cm³/mol. The lowest BCUT2D eigenvalue weighted by molar-refractivity contribution is -0.890. The number of hydrogen-bond donors (Lipinski definition) is 2. The molecule has 0 aliphatic rings. The van der Waals surface area contributed by atoms with Gasteiger partial charge in [0.1, 0.15) is 26.3 Å². The molecule has 0 aromatic heterocycles. The van der Waals surface area contributed by atoms with Crippen LogP contribution < -0.4 is 44.6 Å². The molecule has 0 unspecified atom stereocenters. The van der Waals surface area contributed by atoms with Crippen LogP contribution in [0.2, 0.25) is 0 Å². The van der Waals surface area contributed by atoms with Crippen molar-refractivity contribution in [2.45, 2.75) is 200 Å². The maximum atomic E-state index is 12.5. The van der Waals surface area contributed by atoms with E-state index in [9.17, 15) is 9.59 Å². The monoisotopic (exact) mass is 1040 g/mol. The topological polar surface area (TPSA) is 76.7 Å². The summed E-state index contributed by atoms with van der Waals surface area (Å²) < 4.78 is 12.8. The van der Waals surface area contributed by atoms with Crippen LogP contribution in [0.25, 0.3) is 0 Å². The standard InChI is InChI=1S/C55H96N4O4.2BrH/c1-7-9-11-13-15-17-19-21-23-25-27-29-31-33-43-58(3,4)45-47-62-54(60)56-52-39-35-50(36-40-52)49-51-37-41-53(42-38-51)57-55(61)63-48-46-59(5,6)44-34-32-30-28-26-24-22-20-18-16-14-12-10-8-2;;/h35-42H,7-34,43-49H2,1-6H3;2*1H. The van der Waals surface area contributed by atoms with Gasteiger partial charge in [0.2, 0.25) is 0 Å². The van der Waals surface area contributed by atoms with Crippen molar-refractivity contribution in [1.82, 2.24) is 0 Å². The Kier molecular flexibility index (Phi) is 39.5. The van der Waals surface area contributed by atoms with Crippen molar-refractivity contribution < 1.29 is 62.0 Å². The number of anilines is 2. The molecule has 0 bridgehead atoms. The highest BCUT2D eigenvalue weighted by Crippen LogP contribution is 2.18. The van der Waals surface area contributed by atoms with Gasteiger partial charge in [0.05, 0.1) is 41.3 Å². The lowest BCUT2D eigenvalue weighted by Crippen LogP contribution is -3.00. The predicted octanol–water partition coefficient (Wildman–Crippen LogP) is 9.50. The third kappa shape index (κ3) is 36.6. The SMILES string of the molecule is CCCCCCCCCCCCCCCC[N+](C)(C)CCOC(=O)Nc1ccc(Cc2ccc(NC(=O)OCC[N+](C)(C)CCCCCCCCCCCCCCCC)cc2)cc1.[Br-].[Br-]. The summed E-state index contributed by atoms with van der Waals surface area (Å²) in [6, 6.07) is 15.8. The molecule has 0 saturated heterocycles. The number of unbranched alkanes of at least 4 members (excludes halogenated alkanes) is 26. The highest BCUT2D eigenvalue weighted by molar-refractivity contribution is 5.85. The van der Waals surface area contributed by atoms with Gasteiger partial charge in [-0.1, -0.05) is 192 Å². The second kappa shape index (κ2) is 40.9. The van der Waals surface area contributed by atoms with Crippen molar-refractivity contribution in [2.24, 2.45) is 0 Å². The van der Waals surface area contributed by atoms with Crippen molar-refractivity contribution in [2.75, 3.05) is 78.2 Å². The number of hydrogen-bond acceptors (Lipinski definition) is 4. The van der Waals surface area contributed by atoms with Crippen molar-refractivity contribution >= 4 is 23.6 Å². The van der Waals surface area contributed by atoms with Gasteiger partial charge in [-0.3, -0.25) is 10.6 Å². The molecule has 0 radical (unpaired) electrons. The molecule has 376 valence electrons. The molecule has 2 amide bonds. The largest absolute Gasteiger partial charge is 1.00 e. The quantitative estimate of drug-likeness (QED) is 0.0516. The first-order chi connectivity index (χ1) is 30.5. The number of benzene rings is 2. The Bertz CT molecular complexity index is 1300. The average Bonchev–Trinajstić information content (AvgIpc) is 3.25. The second-order valence-electron chi connectivity index (χ2n) is 20.1. The minimum absolute atomic E-state index is 0. The van der Waals surface area contributed by atoms with Crippen LogP contribution in [0.1, 0.15) is 205 Å². The summed E-state index contributed by atoms with van der Waals surface area (Å²) in [7, 11) is 8.90. The Morgan fingerprint density at radius 3 is 0.892 bits per heavy atom. The van der Waals surface area contributed by atoms with Gasteiger partial charge in [-0.2, -0.15) is 0 Å². The molecule has 0 spiro atoms. The Morgan fingerprint density at radius 1 is 0.385 bits per heavy atom. The molecule has 0 saturated carbocycles. The van der Waals surface area contributed by atoms with Crippen LogP contribution in [0, 0.1) is 0 Å². The molecule has 0 fully saturated rings. The van der Waals surface area contributed by atoms with Crippen molar-refractivity contribution in [3.63, 3.8) is 0 Å². The van der Waals surface area contributed by atoms with Crippen LogP contribution in [-0.2, 0) is 15.9 Å². The zero-order valence-corrected chi connectivity index (χ0v) is 45.8. The highest BCUT2D eigenvalue weighted by atomic mass is 79.9. The van der Waals surface area contributed by atoms with E-state index in [2.05, 4.69) is 52.7 Å². The Balaban J connectivity index is 0.0000205. The molecule has 8 nitrogen and oxygen atoms in total. The third-order valence-electron chi connectivity index (χ3n) is 12.9. The van der Waals surface area contributed by atoms with E-state index in [0.29, 0.717) is 13.2 Å². The fraction of sp³-hybridized carbons (Fsp3) is 0.745. The molecule has 65 heavy (non-hydrogen) atoms. The van der Waals surface area contributed by atoms with Gasteiger partial charge >= 0.3 is 12.2 Å². The van der Waals surface area contributed by atoms with Crippen LogP contribution in [-0.4, -0.2) is 88.7 Å². The minimum atomic E-state index is -0.413. The molecular formula is C55H98Br2N4O4. The number of carbonyl (C=O) groups excluding carboxylic acids is 2. The third-order valence-corrected chi connectivity index (χ3v) is 12.9. The first kappa shape index (κ1) is 62.9. The molecule has 2 aromatic rings. The number of likely N-dealkylation sites (N-methyl/N-ethyl adjacent to an activating group) is 2. The zero-order valence-electron chi connectivity index (χ0n) is 42.7. The smallest absolute Gasteiger partial charge is 0.411 e.